The third-order valence-corrected chi connectivity index (χ3v) is 4.05. The Morgan fingerprint density at radius 1 is 1.38 bits per heavy atom. The second-order valence-corrected chi connectivity index (χ2v) is 5.75. The molecule has 0 bridgehead atoms. The van der Waals surface area contributed by atoms with Gasteiger partial charge in [0.05, 0.1) is 11.8 Å². The molecule has 1 aromatic heterocycles. The van der Waals surface area contributed by atoms with Crippen LogP contribution in [0.5, 0.6) is 5.75 Å². The molecule has 0 saturated heterocycles. The van der Waals surface area contributed by atoms with Crippen LogP contribution in [0.15, 0.2) is 21.3 Å². The van der Waals surface area contributed by atoms with Crippen molar-refractivity contribution in [3.63, 3.8) is 0 Å². The second-order valence-electron chi connectivity index (χ2n) is 5.75. The Labute approximate surface area is 120 Å². The van der Waals surface area contributed by atoms with Crippen LogP contribution < -0.4 is 5.63 Å². The van der Waals surface area contributed by atoms with E-state index in [9.17, 15) is 14.7 Å². The van der Waals surface area contributed by atoms with E-state index in [2.05, 4.69) is 6.92 Å². The molecule has 1 aromatic carbocycles. The number of benzene rings is 1. The highest BCUT2D eigenvalue weighted by molar-refractivity contribution is 5.89. The standard InChI is InChI=1S/C16H16O5/c1-8-2-3-10-11(4-8)15-12(17)5-9(7-14(18)19)6-13(15)21-16(10)20/h5-6,8,17H,2-4,7H2,1H3,(H,18,19). The molecular weight excluding hydrogens is 272 g/mol. The summed E-state index contributed by atoms with van der Waals surface area (Å²) in [6.07, 6.45) is 2.09. The van der Waals surface area contributed by atoms with Crippen LogP contribution >= 0.6 is 0 Å². The number of rotatable bonds is 2. The zero-order valence-corrected chi connectivity index (χ0v) is 11.7. The highest BCUT2D eigenvalue weighted by Gasteiger charge is 2.24. The van der Waals surface area contributed by atoms with Crippen molar-refractivity contribution in [3.05, 3.63) is 39.2 Å². The van der Waals surface area contributed by atoms with Gasteiger partial charge in [-0.05, 0) is 48.4 Å². The molecule has 110 valence electrons. The van der Waals surface area contributed by atoms with Crippen LogP contribution in [-0.2, 0) is 24.1 Å². The highest BCUT2D eigenvalue weighted by atomic mass is 16.4. The van der Waals surface area contributed by atoms with Crippen molar-refractivity contribution < 1.29 is 19.4 Å². The minimum atomic E-state index is -0.998. The Morgan fingerprint density at radius 3 is 2.86 bits per heavy atom. The summed E-state index contributed by atoms with van der Waals surface area (Å²) in [6, 6.07) is 2.97. The largest absolute Gasteiger partial charge is 0.507 e. The maximum atomic E-state index is 12.1. The number of fused-ring (bicyclic) bond motifs is 3. The maximum absolute atomic E-state index is 12.1. The van der Waals surface area contributed by atoms with Crippen molar-refractivity contribution in [1.29, 1.82) is 0 Å². The van der Waals surface area contributed by atoms with Crippen molar-refractivity contribution in [2.45, 2.75) is 32.6 Å². The van der Waals surface area contributed by atoms with E-state index >= 15 is 0 Å². The summed E-state index contributed by atoms with van der Waals surface area (Å²) in [4.78, 5) is 22.8. The van der Waals surface area contributed by atoms with E-state index in [0.717, 1.165) is 18.4 Å². The molecule has 2 N–H and O–H groups in total. The van der Waals surface area contributed by atoms with Gasteiger partial charge in [-0.25, -0.2) is 4.79 Å². The minimum Gasteiger partial charge on any atom is -0.507 e. The molecule has 3 rings (SSSR count). The van der Waals surface area contributed by atoms with E-state index in [0.29, 0.717) is 28.9 Å². The van der Waals surface area contributed by atoms with E-state index in [-0.39, 0.29) is 23.4 Å². The number of hydrogen-bond acceptors (Lipinski definition) is 4. The van der Waals surface area contributed by atoms with Gasteiger partial charge in [0.2, 0.25) is 0 Å². The molecule has 0 fully saturated rings. The lowest BCUT2D eigenvalue weighted by atomic mass is 9.84. The van der Waals surface area contributed by atoms with Crippen molar-refractivity contribution in [2.24, 2.45) is 5.92 Å². The van der Waals surface area contributed by atoms with Crippen molar-refractivity contribution in [1.82, 2.24) is 0 Å². The molecule has 2 aromatic rings. The normalized spacial score (nSPS) is 17.7. The molecule has 0 spiro atoms. The van der Waals surface area contributed by atoms with Crippen LogP contribution in [0.3, 0.4) is 0 Å². The van der Waals surface area contributed by atoms with Gasteiger partial charge < -0.3 is 14.6 Å². The summed E-state index contributed by atoms with van der Waals surface area (Å²) in [5.74, 6) is -0.568. The highest BCUT2D eigenvalue weighted by Crippen LogP contribution is 2.35. The van der Waals surface area contributed by atoms with E-state index in [4.69, 9.17) is 9.52 Å². The molecule has 5 heteroatoms. The van der Waals surface area contributed by atoms with Crippen molar-refractivity contribution in [3.8, 4) is 5.75 Å². The lowest BCUT2D eigenvalue weighted by Gasteiger charge is -2.22. The van der Waals surface area contributed by atoms with Gasteiger partial charge in [0.25, 0.3) is 0 Å². The molecule has 1 unspecified atom stereocenters. The van der Waals surface area contributed by atoms with Crippen LogP contribution in [0.2, 0.25) is 0 Å². The topological polar surface area (TPSA) is 87.7 Å². The average molecular weight is 288 g/mol. The third kappa shape index (κ3) is 2.39. The number of carboxylic acids is 1. The molecule has 0 radical (unpaired) electrons. The molecule has 1 aliphatic carbocycles. The quantitative estimate of drug-likeness (QED) is 0.827. The van der Waals surface area contributed by atoms with Crippen molar-refractivity contribution in [2.75, 3.05) is 0 Å². The first-order valence-electron chi connectivity index (χ1n) is 6.98. The fraction of sp³-hybridized carbons (Fsp3) is 0.375. The Bertz CT molecular complexity index is 787. The van der Waals surface area contributed by atoms with Gasteiger partial charge in [-0.2, -0.15) is 0 Å². The molecule has 21 heavy (non-hydrogen) atoms. The average Bonchev–Trinajstić information content (AvgIpc) is 2.36. The monoisotopic (exact) mass is 288 g/mol. The molecule has 1 aliphatic rings. The fourth-order valence-corrected chi connectivity index (χ4v) is 3.07. The number of hydrogen-bond donors (Lipinski definition) is 2. The number of phenolic OH excluding ortho intramolecular Hbond substituents is 1. The second kappa shape index (κ2) is 4.91. The zero-order valence-electron chi connectivity index (χ0n) is 11.7. The Balaban J connectivity index is 2.27. The van der Waals surface area contributed by atoms with E-state index in [1.54, 1.807) is 0 Å². The number of aromatic hydroxyl groups is 1. The predicted octanol–water partition coefficient (Wildman–Crippen LogP) is 2.25. The summed E-state index contributed by atoms with van der Waals surface area (Å²) in [5, 5.41) is 19.6. The summed E-state index contributed by atoms with van der Waals surface area (Å²) < 4.78 is 5.29. The number of aliphatic carboxylic acids is 1. The van der Waals surface area contributed by atoms with Gasteiger partial charge >= 0.3 is 11.6 Å². The molecule has 5 nitrogen and oxygen atoms in total. The minimum absolute atomic E-state index is 0.0159. The number of phenols is 1. The molecular formula is C16H16O5. The smallest absolute Gasteiger partial charge is 0.339 e. The lowest BCUT2D eigenvalue weighted by molar-refractivity contribution is -0.136. The first-order valence-corrected chi connectivity index (χ1v) is 6.98. The first kappa shape index (κ1) is 13.7. The Morgan fingerprint density at radius 2 is 2.14 bits per heavy atom. The molecule has 1 atom stereocenters. The van der Waals surface area contributed by atoms with Gasteiger partial charge in [0.15, 0.2) is 0 Å². The van der Waals surface area contributed by atoms with Crippen molar-refractivity contribution >= 4 is 16.9 Å². The number of carbonyl (C=O) groups is 1. The molecule has 0 aliphatic heterocycles. The summed E-state index contributed by atoms with van der Waals surface area (Å²) >= 11 is 0. The Kier molecular flexibility index (Phi) is 3.20. The third-order valence-electron chi connectivity index (χ3n) is 4.05. The van der Waals surface area contributed by atoms with Gasteiger partial charge in [0.1, 0.15) is 11.3 Å². The van der Waals surface area contributed by atoms with E-state index in [1.807, 2.05) is 0 Å². The van der Waals surface area contributed by atoms with E-state index in [1.165, 1.54) is 12.1 Å². The van der Waals surface area contributed by atoms with Gasteiger partial charge in [-0.1, -0.05) is 6.92 Å². The maximum Gasteiger partial charge on any atom is 0.339 e. The van der Waals surface area contributed by atoms with Gasteiger partial charge in [-0.15, -0.1) is 0 Å². The lowest BCUT2D eigenvalue weighted by Crippen LogP contribution is -2.20. The summed E-state index contributed by atoms with van der Waals surface area (Å²) in [6.45, 7) is 2.11. The first-order chi connectivity index (χ1) is 9.95. The predicted molar refractivity (Wildman–Crippen MR) is 76.7 cm³/mol. The Hall–Kier alpha value is -2.30. The zero-order chi connectivity index (χ0) is 15.1. The van der Waals surface area contributed by atoms with Gasteiger partial charge in [0, 0.05) is 5.56 Å². The van der Waals surface area contributed by atoms with Crippen LogP contribution in [0, 0.1) is 5.92 Å². The van der Waals surface area contributed by atoms with E-state index < -0.39 is 5.97 Å². The summed E-state index contributed by atoms with van der Waals surface area (Å²) in [7, 11) is 0. The fourth-order valence-electron chi connectivity index (χ4n) is 3.07. The van der Waals surface area contributed by atoms with Crippen LogP contribution in [0.4, 0.5) is 0 Å². The number of carboxylic acid groups (broad SMARTS) is 1. The molecule has 0 saturated carbocycles. The van der Waals surface area contributed by atoms with Gasteiger partial charge in [-0.3, -0.25) is 4.79 Å². The summed E-state index contributed by atoms with van der Waals surface area (Å²) in [5.41, 5.74) is 1.79. The van der Waals surface area contributed by atoms with Crippen LogP contribution in [-0.4, -0.2) is 16.2 Å². The van der Waals surface area contributed by atoms with Crippen LogP contribution in [0.1, 0.15) is 30.0 Å². The molecule has 1 heterocycles. The molecule has 0 amide bonds. The van der Waals surface area contributed by atoms with Crippen LogP contribution in [0.25, 0.3) is 11.0 Å². The SMILES string of the molecule is CC1CCc2c(c3c(O)cc(CC(=O)O)cc3oc2=O)C1.